The van der Waals surface area contributed by atoms with Crippen LogP contribution >= 0.6 is 15.9 Å². The molecule has 6 heteroatoms. The molecular formula is C13H6BrF3N2. The fourth-order valence-electron chi connectivity index (χ4n) is 1.51. The Bertz CT molecular complexity index is 657. The summed E-state index contributed by atoms with van der Waals surface area (Å²) in [4.78, 5) is 0. The molecule has 0 atom stereocenters. The Kier molecular flexibility index (Phi) is 3.76. The van der Waals surface area contributed by atoms with Crippen LogP contribution < -0.4 is 5.32 Å². The third-order valence-electron chi connectivity index (χ3n) is 2.37. The van der Waals surface area contributed by atoms with Crippen molar-refractivity contribution in [1.82, 2.24) is 0 Å². The zero-order valence-corrected chi connectivity index (χ0v) is 10.9. The van der Waals surface area contributed by atoms with Crippen LogP contribution in [0, 0.1) is 28.8 Å². The van der Waals surface area contributed by atoms with Gasteiger partial charge in [-0.2, -0.15) is 5.26 Å². The molecule has 0 aromatic heterocycles. The minimum Gasteiger partial charge on any atom is -0.351 e. The van der Waals surface area contributed by atoms with E-state index in [2.05, 4.69) is 21.2 Å². The van der Waals surface area contributed by atoms with Crippen molar-refractivity contribution in [2.75, 3.05) is 5.32 Å². The topological polar surface area (TPSA) is 35.8 Å². The van der Waals surface area contributed by atoms with E-state index in [1.54, 1.807) is 6.07 Å². The maximum atomic E-state index is 13.6. The minimum atomic E-state index is -0.819. The van der Waals surface area contributed by atoms with E-state index >= 15 is 0 Å². The van der Waals surface area contributed by atoms with Gasteiger partial charge in [-0.1, -0.05) is 0 Å². The summed E-state index contributed by atoms with van der Waals surface area (Å²) in [5, 5.41) is 11.5. The predicted molar refractivity (Wildman–Crippen MR) is 68.5 cm³/mol. The van der Waals surface area contributed by atoms with E-state index in [0.29, 0.717) is 6.07 Å². The maximum Gasteiger partial charge on any atom is 0.150 e. The van der Waals surface area contributed by atoms with Crippen molar-refractivity contribution in [3.63, 3.8) is 0 Å². The summed E-state index contributed by atoms with van der Waals surface area (Å²) in [7, 11) is 0. The van der Waals surface area contributed by atoms with Crippen molar-refractivity contribution < 1.29 is 13.2 Å². The first kappa shape index (κ1) is 13.4. The zero-order valence-electron chi connectivity index (χ0n) is 9.35. The van der Waals surface area contributed by atoms with Gasteiger partial charge in [0.25, 0.3) is 0 Å². The van der Waals surface area contributed by atoms with Gasteiger partial charge in [-0.05, 0) is 40.2 Å². The van der Waals surface area contributed by atoms with Gasteiger partial charge in [0, 0.05) is 10.5 Å². The third kappa shape index (κ3) is 2.88. The highest BCUT2D eigenvalue weighted by Gasteiger charge is 2.12. The van der Waals surface area contributed by atoms with Crippen LogP contribution in [-0.2, 0) is 0 Å². The Labute approximate surface area is 115 Å². The molecule has 1 N–H and O–H groups in total. The largest absolute Gasteiger partial charge is 0.351 e. The molecule has 0 aliphatic rings. The van der Waals surface area contributed by atoms with E-state index in [1.807, 2.05) is 0 Å². The average Bonchev–Trinajstić information content (AvgIpc) is 2.35. The molecule has 0 unspecified atom stereocenters. The van der Waals surface area contributed by atoms with Crippen LogP contribution in [0.1, 0.15) is 5.56 Å². The van der Waals surface area contributed by atoms with Crippen LogP contribution in [0.2, 0.25) is 0 Å². The molecule has 0 fully saturated rings. The van der Waals surface area contributed by atoms with E-state index in [9.17, 15) is 13.2 Å². The highest BCUT2D eigenvalue weighted by molar-refractivity contribution is 9.10. The van der Waals surface area contributed by atoms with Crippen molar-refractivity contribution in [2.24, 2.45) is 0 Å². The van der Waals surface area contributed by atoms with Crippen LogP contribution in [0.25, 0.3) is 0 Å². The quantitative estimate of drug-likeness (QED) is 0.883. The molecule has 2 aromatic rings. The zero-order chi connectivity index (χ0) is 14.0. The Morgan fingerprint density at radius 1 is 1.05 bits per heavy atom. The second kappa shape index (κ2) is 5.33. The number of nitrogens with one attached hydrogen (secondary N) is 1. The Morgan fingerprint density at radius 3 is 2.42 bits per heavy atom. The Hall–Kier alpha value is -2.00. The van der Waals surface area contributed by atoms with Gasteiger partial charge in [0.2, 0.25) is 0 Å². The van der Waals surface area contributed by atoms with Crippen molar-refractivity contribution in [1.29, 1.82) is 5.26 Å². The fraction of sp³-hybridized carbons (Fsp3) is 0. The standard InChI is InChI=1S/C13H6BrF3N2/c14-10-4-9(16)5-11(17)13(10)19-12-2-1-8(15)3-7(12)6-18/h1-5,19H. The van der Waals surface area contributed by atoms with Gasteiger partial charge in [-0.25, -0.2) is 13.2 Å². The Morgan fingerprint density at radius 2 is 1.79 bits per heavy atom. The Balaban J connectivity index is 2.45. The van der Waals surface area contributed by atoms with Crippen LogP contribution in [0.15, 0.2) is 34.8 Å². The number of nitrogens with zero attached hydrogens (tertiary/aromatic N) is 1. The summed E-state index contributed by atoms with van der Waals surface area (Å²) in [6.45, 7) is 0. The summed E-state index contributed by atoms with van der Waals surface area (Å²) >= 11 is 3.02. The van der Waals surface area contributed by atoms with E-state index < -0.39 is 17.5 Å². The summed E-state index contributed by atoms with van der Waals surface area (Å²) < 4.78 is 39.7. The third-order valence-corrected chi connectivity index (χ3v) is 2.99. The molecule has 0 amide bonds. The first-order valence-electron chi connectivity index (χ1n) is 5.12. The molecule has 96 valence electrons. The van der Waals surface area contributed by atoms with Gasteiger partial charge in [0.15, 0.2) is 5.82 Å². The summed E-state index contributed by atoms with van der Waals surface area (Å²) in [6, 6.07) is 7.06. The lowest BCUT2D eigenvalue weighted by molar-refractivity contribution is 0.584. The summed E-state index contributed by atoms with van der Waals surface area (Å²) in [5.41, 5.74) is 0.232. The monoisotopic (exact) mass is 326 g/mol. The number of hydrogen-bond acceptors (Lipinski definition) is 2. The van der Waals surface area contributed by atoms with Crippen molar-refractivity contribution in [3.8, 4) is 6.07 Å². The first-order valence-corrected chi connectivity index (χ1v) is 5.92. The lowest BCUT2D eigenvalue weighted by Gasteiger charge is -2.11. The van der Waals surface area contributed by atoms with Gasteiger partial charge < -0.3 is 5.32 Å². The predicted octanol–water partition coefficient (Wildman–Crippen LogP) is 4.48. The first-order chi connectivity index (χ1) is 9.01. The van der Waals surface area contributed by atoms with Crippen molar-refractivity contribution in [3.05, 3.63) is 57.8 Å². The van der Waals surface area contributed by atoms with Gasteiger partial charge >= 0.3 is 0 Å². The van der Waals surface area contributed by atoms with Gasteiger partial charge in [-0.15, -0.1) is 0 Å². The van der Waals surface area contributed by atoms with Gasteiger partial charge in [0.05, 0.1) is 16.9 Å². The number of hydrogen-bond donors (Lipinski definition) is 1. The highest BCUT2D eigenvalue weighted by atomic mass is 79.9. The maximum absolute atomic E-state index is 13.6. The number of benzene rings is 2. The molecule has 0 saturated heterocycles. The molecule has 19 heavy (non-hydrogen) atoms. The second-order valence-electron chi connectivity index (χ2n) is 3.67. The molecule has 0 aliphatic carbocycles. The SMILES string of the molecule is N#Cc1cc(F)ccc1Nc1c(F)cc(F)cc1Br. The molecule has 0 saturated carbocycles. The highest BCUT2D eigenvalue weighted by Crippen LogP contribution is 2.31. The molecule has 2 aromatic carbocycles. The van der Waals surface area contributed by atoms with Crippen LogP contribution in [0.4, 0.5) is 24.5 Å². The van der Waals surface area contributed by atoms with Gasteiger partial charge in [0.1, 0.15) is 17.7 Å². The molecular weight excluding hydrogens is 321 g/mol. The number of halogens is 4. The molecule has 2 rings (SSSR count). The number of anilines is 2. The molecule has 0 heterocycles. The summed E-state index contributed by atoms with van der Waals surface area (Å²) in [6.07, 6.45) is 0. The second-order valence-corrected chi connectivity index (χ2v) is 4.53. The summed E-state index contributed by atoms with van der Waals surface area (Å²) in [5.74, 6) is -2.12. The normalized spacial score (nSPS) is 10.1. The van der Waals surface area contributed by atoms with Crippen molar-refractivity contribution in [2.45, 2.75) is 0 Å². The van der Waals surface area contributed by atoms with E-state index in [1.165, 1.54) is 6.07 Å². The minimum absolute atomic E-state index is 0.0236. The van der Waals surface area contributed by atoms with Crippen LogP contribution in [-0.4, -0.2) is 0 Å². The molecule has 0 spiro atoms. The fourth-order valence-corrected chi connectivity index (χ4v) is 2.02. The van der Waals surface area contributed by atoms with E-state index in [0.717, 1.165) is 18.2 Å². The average molecular weight is 327 g/mol. The number of rotatable bonds is 2. The van der Waals surface area contributed by atoms with E-state index in [4.69, 9.17) is 5.26 Å². The van der Waals surface area contributed by atoms with Crippen molar-refractivity contribution >= 4 is 27.3 Å². The molecule has 0 bridgehead atoms. The van der Waals surface area contributed by atoms with Crippen LogP contribution in [0.5, 0.6) is 0 Å². The molecule has 0 aliphatic heterocycles. The lowest BCUT2D eigenvalue weighted by atomic mass is 10.1. The van der Waals surface area contributed by atoms with Crippen LogP contribution in [0.3, 0.4) is 0 Å². The number of nitriles is 1. The lowest BCUT2D eigenvalue weighted by Crippen LogP contribution is -1.99. The molecule has 2 nitrogen and oxygen atoms in total. The molecule has 0 radical (unpaired) electrons. The van der Waals surface area contributed by atoms with Gasteiger partial charge in [-0.3, -0.25) is 0 Å². The van der Waals surface area contributed by atoms with E-state index in [-0.39, 0.29) is 21.4 Å². The smallest absolute Gasteiger partial charge is 0.150 e.